The Balaban J connectivity index is 0.00000256. The van der Waals surface area contributed by atoms with E-state index in [1.54, 1.807) is 6.07 Å². The number of nitrogens with one attached hydrogen (secondary N) is 2. The molecule has 1 fully saturated rings. The molecule has 0 radical (unpaired) electrons. The maximum Gasteiger partial charge on any atom is 0.239 e. The van der Waals surface area contributed by atoms with E-state index in [9.17, 15) is 14.0 Å². The summed E-state index contributed by atoms with van der Waals surface area (Å²) in [6, 6.07) is 4.88. The van der Waals surface area contributed by atoms with Gasteiger partial charge in [-0.1, -0.05) is 26.8 Å². The summed E-state index contributed by atoms with van der Waals surface area (Å²) in [7, 11) is 0. The van der Waals surface area contributed by atoms with Crippen LogP contribution in [0.5, 0.6) is 0 Å². The number of halogens is 1. The zero-order valence-corrected chi connectivity index (χ0v) is 18.8. The van der Waals surface area contributed by atoms with Crippen molar-refractivity contribution in [2.45, 2.75) is 71.3 Å². The SMILES string of the molecule is CC(=O)NCC(=O)N[C@@H]1CCC2(CCN(CCC(C)(C)C)CC2)c2cc(F)ccc21.[HH].[HH]. The minimum Gasteiger partial charge on any atom is -0.348 e. The molecule has 2 aliphatic rings. The average Bonchev–Trinajstić information content (AvgIpc) is 2.68. The molecule has 5 nitrogen and oxygen atoms in total. The molecule has 0 aromatic heterocycles. The third kappa shape index (κ3) is 5.60. The van der Waals surface area contributed by atoms with Crippen molar-refractivity contribution in [1.29, 1.82) is 0 Å². The second-order valence-corrected chi connectivity index (χ2v) is 10.2. The smallest absolute Gasteiger partial charge is 0.239 e. The molecular weight excluding hydrogens is 381 g/mol. The van der Waals surface area contributed by atoms with Crippen LogP contribution in [0, 0.1) is 11.2 Å². The highest BCUT2D eigenvalue weighted by Gasteiger charge is 2.42. The highest BCUT2D eigenvalue weighted by Crippen LogP contribution is 2.48. The second-order valence-electron chi connectivity index (χ2n) is 10.2. The number of benzene rings is 1. The number of hydrogen-bond donors (Lipinski definition) is 2. The Labute approximate surface area is 182 Å². The molecule has 1 spiro atoms. The predicted molar refractivity (Wildman–Crippen MR) is 121 cm³/mol. The fourth-order valence-corrected chi connectivity index (χ4v) is 4.82. The number of piperidine rings is 1. The molecule has 0 bridgehead atoms. The van der Waals surface area contributed by atoms with Crippen molar-refractivity contribution in [3.63, 3.8) is 0 Å². The molecule has 1 aliphatic carbocycles. The summed E-state index contributed by atoms with van der Waals surface area (Å²) in [4.78, 5) is 25.9. The molecule has 1 aromatic carbocycles. The van der Waals surface area contributed by atoms with Crippen molar-refractivity contribution in [2.75, 3.05) is 26.2 Å². The normalized spacial score (nSPS) is 21.2. The Bertz CT molecular complexity index is 790. The van der Waals surface area contributed by atoms with Gasteiger partial charge in [0.2, 0.25) is 11.8 Å². The third-order valence-corrected chi connectivity index (χ3v) is 6.70. The topological polar surface area (TPSA) is 61.4 Å². The maximum atomic E-state index is 14.2. The molecule has 1 heterocycles. The van der Waals surface area contributed by atoms with Crippen LogP contribution in [0.2, 0.25) is 0 Å². The van der Waals surface area contributed by atoms with Gasteiger partial charge in [0.25, 0.3) is 0 Å². The second kappa shape index (κ2) is 9.04. The van der Waals surface area contributed by atoms with E-state index in [0.29, 0.717) is 5.41 Å². The molecule has 2 amide bonds. The van der Waals surface area contributed by atoms with Gasteiger partial charge < -0.3 is 15.5 Å². The Morgan fingerprint density at radius 1 is 1.23 bits per heavy atom. The van der Waals surface area contributed by atoms with Crippen molar-refractivity contribution in [2.24, 2.45) is 5.41 Å². The first-order valence-corrected chi connectivity index (χ1v) is 11.1. The minimum atomic E-state index is -0.228. The Kier molecular flexibility index (Phi) is 6.85. The summed E-state index contributed by atoms with van der Waals surface area (Å²) in [6.45, 7) is 11.4. The number of carbonyl (C=O) groups excluding carboxylic acids is 2. The Hall–Kier alpha value is -1.95. The first kappa shape index (κ1) is 22.7. The van der Waals surface area contributed by atoms with Gasteiger partial charge in [-0.25, -0.2) is 4.39 Å². The molecule has 0 unspecified atom stereocenters. The highest BCUT2D eigenvalue weighted by molar-refractivity contribution is 5.83. The summed E-state index contributed by atoms with van der Waals surface area (Å²) in [5.74, 6) is -0.652. The van der Waals surface area contributed by atoms with E-state index in [1.807, 2.05) is 6.07 Å². The Morgan fingerprint density at radius 2 is 1.93 bits per heavy atom. The molecule has 1 saturated heterocycles. The van der Waals surface area contributed by atoms with E-state index < -0.39 is 0 Å². The van der Waals surface area contributed by atoms with Crippen LogP contribution in [0.25, 0.3) is 0 Å². The first-order chi connectivity index (χ1) is 14.1. The maximum absolute atomic E-state index is 14.2. The lowest BCUT2D eigenvalue weighted by molar-refractivity contribution is -0.125. The molecule has 1 atom stereocenters. The fourth-order valence-electron chi connectivity index (χ4n) is 4.82. The van der Waals surface area contributed by atoms with Crippen molar-refractivity contribution >= 4 is 11.8 Å². The third-order valence-electron chi connectivity index (χ3n) is 6.70. The van der Waals surface area contributed by atoms with Crippen LogP contribution < -0.4 is 10.6 Å². The quantitative estimate of drug-likeness (QED) is 0.750. The van der Waals surface area contributed by atoms with Gasteiger partial charge in [-0.05, 0) is 85.8 Å². The molecule has 1 aliphatic heterocycles. The van der Waals surface area contributed by atoms with E-state index in [-0.39, 0.29) is 38.5 Å². The van der Waals surface area contributed by atoms with Gasteiger partial charge in [0.05, 0.1) is 12.6 Å². The summed E-state index contributed by atoms with van der Waals surface area (Å²) in [6.07, 6.45) is 5.02. The average molecular weight is 422 g/mol. The van der Waals surface area contributed by atoms with Crippen molar-refractivity contribution in [3.05, 3.63) is 35.1 Å². The standard InChI is InChI=1S/C24H36FN3O2.2H2/c1-17(29)26-16-22(30)27-21-7-8-24(20-15-18(25)5-6-19(20)21)10-13-28(14-11-24)12-9-23(2,3)4;;/h5-6,15,21H,7-14,16H2,1-4H3,(H,26,29)(H,27,30);2*1H/t21-;;/m1../s1. The molecule has 6 heteroatoms. The van der Waals surface area contributed by atoms with E-state index in [2.05, 4.69) is 36.3 Å². The zero-order chi connectivity index (χ0) is 21.9. The molecule has 170 valence electrons. The molecule has 3 rings (SSSR count). The number of nitrogens with zero attached hydrogens (tertiary/aromatic N) is 1. The van der Waals surface area contributed by atoms with Crippen molar-refractivity contribution < 1.29 is 16.8 Å². The largest absolute Gasteiger partial charge is 0.348 e. The number of fused-ring (bicyclic) bond motifs is 2. The summed E-state index contributed by atoms with van der Waals surface area (Å²) in [5, 5.41) is 5.57. The summed E-state index contributed by atoms with van der Waals surface area (Å²) in [5.41, 5.74) is 2.42. The van der Waals surface area contributed by atoms with Gasteiger partial charge in [0.1, 0.15) is 5.82 Å². The molecule has 1 aromatic rings. The fraction of sp³-hybridized carbons (Fsp3) is 0.667. The highest BCUT2D eigenvalue weighted by atomic mass is 19.1. The Morgan fingerprint density at radius 3 is 2.57 bits per heavy atom. The van der Waals surface area contributed by atoms with Crippen molar-refractivity contribution in [1.82, 2.24) is 15.5 Å². The van der Waals surface area contributed by atoms with Crippen LogP contribution in [0.1, 0.15) is 79.8 Å². The van der Waals surface area contributed by atoms with Crippen LogP contribution in [-0.2, 0) is 15.0 Å². The van der Waals surface area contributed by atoms with Gasteiger partial charge in [0.15, 0.2) is 0 Å². The van der Waals surface area contributed by atoms with Gasteiger partial charge >= 0.3 is 0 Å². The van der Waals surface area contributed by atoms with Gasteiger partial charge in [-0.2, -0.15) is 0 Å². The first-order valence-electron chi connectivity index (χ1n) is 11.1. The van der Waals surface area contributed by atoms with Crippen LogP contribution in [0.3, 0.4) is 0 Å². The van der Waals surface area contributed by atoms with E-state index >= 15 is 0 Å². The number of rotatable bonds is 5. The lowest BCUT2D eigenvalue weighted by Gasteiger charge is -2.47. The monoisotopic (exact) mass is 421 g/mol. The predicted octanol–water partition coefficient (Wildman–Crippen LogP) is 4.17. The van der Waals surface area contributed by atoms with Crippen LogP contribution >= 0.6 is 0 Å². The number of carbonyl (C=O) groups is 2. The van der Waals surface area contributed by atoms with E-state index in [0.717, 1.165) is 56.4 Å². The van der Waals surface area contributed by atoms with Crippen molar-refractivity contribution in [3.8, 4) is 0 Å². The number of likely N-dealkylation sites (tertiary alicyclic amines) is 1. The van der Waals surface area contributed by atoms with Crippen LogP contribution in [-0.4, -0.2) is 42.9 Å². The lowest BCUT2D eigenvalue weighted by atomic mass is 9.63. The van der Waals surface area contributed by atoms with Gasteiger partial charge in [-0.15, -0.1) is 0 Å². The van der Waals surface area contributed by atoms with Crippen LogP contribution in [0.15, 0.2) is 18.2 Å². The van der Waals surface area contributed by atoms with Crippen LogP contribution in [0.4, 0.5) is 4.39 Å². The minimum absolute atomic E-state index is 0. The lowest BCUT2D eigenvalue weighted by Crippen LogP contribution is -2.47. The molecule has 0 saturated carbocycles. The summed E-state index contributed by atoms with van der Waals surface area (Å²) < 4.78 is 14.2. The molecule has 30 heavy (non-hydrogen) atoms. The molecule has 2 N–H and O–H groups in total. The zero-order valence-electron chi connectivity index (χ0n) is 18.8. The number of amides is 2. The molecular formula is C24H40FN3O2. The van der Waals surface area contributed by atoms with Gasteiger partial charge in [-0.3, -0.25) is 9.59 Å². The van der Waals surface area contributed by atoms with Gasteiger partial charge in [0, 0.05) is 9.78 Å². The van der Waals surface area contributed by atoms with E-state index in [1.165, 1.54) is 19.4 Å². The summed E-state index contributed by atoms with van der Waals surface area (Å²) >= 11 is 0. The number of hydrogen-bond acceptors (Lipinski definition) is 3. The van der Waals surface area contributed by atoms with E-state index in [4.69, 9.17) is 0 Å².